The molecule has 0 saturated heterocycles. The summed E-state index contributed by atoms with van der Waals surface area (Å²) in [5.74, 6) is 1.46. The number of hydrogen-bond acceptors (Lipinski definition) is 3. The van der Waals surface area contributed by atoms with E-state index in [2.05, 4.69) is 9.97 Å². The first-order valence-corrected chi connectivity index (χ1v) is 6.78. The molecule has 4 nitrogen and oxygen atoms in total. The highest BCUT2D eigenvalue weighted by Gasteiger charge is 2.05. The number of rotatable bonds is 3. The van der Waals surface area contributed by atoms with Crippen molar-refractivity contribution in [3.63, 3.8) is 0 Å². The number of ether oxygens (including phenoxy) is 1. The normalized spacial score (nSPS) is 10.8. The van der Waals surface area contributed by atoms with Gasteiger partial charge in [-0.15, -0.1) is 0 Å². The van der Waals surface area contributed by atoms with Gasteiger partial charge in [0.05, 0.1) is 18.0 Å². The number of nitrogens with zero attached hydrogens (tertiary/aromatic N) is 1. The Hall–Kier alpha value is -2.62. The van der Waals surface area contributed by atoms with E-state index in [-0.39, 0.29) is 5.56 Å². The Morgan fingerprint density at radius 2 is 2.05 bits per heavy atom. The van der Waals surface area contributed by atoms with Crippen LogP contribution in [0.2, 0.25) is 0 Å². The molecule has 1 heterocycles. The van der Waals surface area contributed by atoms with Crippen LogP contribution in [0.3, 0.4) is 0 Å². The Morgan fingerprint density at radius 1 is 1.19 bits per heavy atom. The van der Waals surface area contributed by atoms with E-state index in [0.717, 1.165) is 22.4 Å². The second-order valence-electron chi connectivity index (χ2n) is 5.06. The summed E-state index contributed by atoms with van der Waals surface area (Å²) in [4.78, 5) is 19.5. The summed E-state index contributed by atoms with van der Waals surface area (Å²) >= 11 is 0. The minimum atomic E-state index is -0.0992. The number of H-pyrrole nitrogens is 1. The fourth-order valence-electron chi connectivity index (χ4n) is 2.36. The predicted octanol–water partition coefficient (Wildman–Crippen LogP) is 2.83. The van der Waals surface area contributed by atoms with Gasteiger partial charge in [-0.3, -0.25) is 4.79 Å². The minimum Gasteiger partial charge on any atom is -0.497 e. The Kier molecular flexibility index (Phi) is 3.44. The van der Waals surface area contributed by atoms with Crippen molar-refractivity contribution >= 4 is 10.9 Å². The van der Waals surface area contributed by atoms with Crippen molar-refractivity contribution in [2.24, 2.45) is 0 Å². The number of aromatic amines is 1. The molecule has 3 rings (SSSR count). The van der Waals surface area contributed by atoms with Gasteiger partial charge < -0.3 is 9.72 Å². The molecule has 106 valence electrons. The molecule has 0 atom stereocenters. The number of aryl methyl sites for hydroxylation is 1. The van der Waals surface area contributed by atoms with E-state index in [1.165, 1.54) is 0 Å². The van der Waals surface area contributed by atoms with Crippen molar-refractivity contribution in [1.29, 1.82) is 0 Å². The lowest BCUT2D eigenvalue weighted by Crippen LogP contribution is -2.12. The average molecular weight is 280 g/mol. The van der Waals surface area contributed by atoms with E-state index < -0.39 is 0 Å². The van der Waals surface area contributed by atoms with Gasteiger partial charge in [-0.2, -0.15) is 0 Å². The molecule has 0 amide bonds. The molecule has 0 aliphatic heterocycles. The molecule has 3 aromatic rings. The largest absolute Gasteiger partial charge is 0.497 e. The molecule has 0 unspecified atom stereocenters. The lowest BCUT2D eigenvalue weighted by Gasteiger charge is -2.06. The first-order chi connectivity index (χ1) is 10.2. The zero-order chi connectivity index (χ0) is 14.8. The molecule has 4 heteroatoms. The number of hydrogen-bond donors (Lipinski definition) is 1. The minimum absolute atomic E-state index is 0.0992. The van der Waals surface area contributed by atoms with Crippen LogP contribution in [-0.4, -0.2) is 17.1 Å². The summed E-state index contributed by atoms with van der Waals surface area (Å²) in [6.07, 6.45) is 0.566. The maximum atomic E-state index is 12.1. The molecular formula is C17H16N2O2. The Morgan fingerprint density at radius 3 is 2.86 bits per heavy atom. The predicted molar refractivity (Wildman–Crippen MR) is 82.9 cm³/mol. The zero-order valence-corrected chi connectivity index (χ0v) is 12.0. The second-order valence-corrected chi connectivity index (χ2v) is 5.06. The molecular weight excluding hydrogens is 264 g/mol. The first kappa shape index (κ1) is 13.4. The van der Waals surface area contributed by atoms with E-state index in [1.807, 2.05) is 49.4 Å². The van der Waals surface area contributed by atoms with Crippen LogP contribution in [0, 0.1) is 6.92 Å². The van der Waals surface area contributed by atoms with E-state index in [9.17, 15) is 4.79 Å². The van der Waals surface area contributed by atoms with Crippen LogP contribution in [-0.2, 0) is 6.42 Å². The molecule has 0 saturated carbocycles. The highest BCUT2D eigenvalue weighted by atomic mass is 16.5. The topological polar surface area (TPSA) is 55.0 Å². The monoisotopic (exact) mass is 280 g/mol. The summed E-state index contributed by atoms with van der Waals surface area (Å²) in [5.41, 5.74) is 2.77. The van der Waals surface area contributed by atoms with Gasteiger partial charge in [-0.05, 0) is 42.3 Å². The van der Waals surface area contributed by atoms with Crippen molar-refractivity contribution in [2.75, 3.05) is 7.11 Å². The lowest BCUT2D eigenvalue weighted by molar-refractivity contribution is 0.414. The molecule has 0 bridgehead atoms. The molecule has 21 heavy (non-hydrogen) atoms. The third-order valence-corrected chi connectivity index (χ3v) is 3.42. The molecule has 0 fully saturated rings. The number of fused-ring (bicyclic) bond motifs is 1. The summed E-state index contributed by atoms with van der Waals surface area (Å²) in [6.45, 7) is 1.99. The van der Waals surface area contributed by atoms with Crippen molar-refractivity contribution in [1.82, 2.24) is 9.97 Å². The van der Waals surface area contributed by atoms with Crippen LogP contribution >= 0.6 is 0 Å². The Balaban J connectivity index is 2.02. The second kappa shape index (κ2) is 5.40. The van der Waals surface area contributed by atoms with Crippen molar-refractivity contribution in [2.45, 2.75) is 13.3 Å². The van der Waals surface area contributed by atoms with Gasteiger partial charge in [0.15, 0.2) is 0 Å². The van der Waals surface area contributed by atoms with Gasteiger partial charge in [-0.1, -0.05) is 18.2 Å². The van der Waals surface area contributed by atoms with Crippen LogP contribution in [0.4, 0.5) is 0 Å². The third kappa shape index (κ3) is 2.79. The average Bonchev–Trinajstić information content (AvgIpc) is 2.47. The van der Waals surface area contributed by atoms with Gasteiger partial charge in [-0.25, -0.2) is 4.98 Å². The molecule has 0 aliphatic carbocycles. The summed E-state index contributed by atoms with van der Waals surface area (Å²) < 4.78 is 5.21. The summed E-state index contributed by atoms with van der Waals surface area (Å²) in [5, 5.41) is 0.620. The van der Waals surface area contributed by atoms with Gasteiger partial charge in [0, 0.05) is 6.42 Å². The lowest BCUT2D eigenvalue weighted by atomic mass is 10.1. The number of nitrogens with one attached hydrogen (secondary N) is 1. The van der Waals surface area contributed by atoms with E-state index in [0.29, 0.717) is 17.6 Å². The van der Waals surface area contributed by atoms with E-state index in [4.69, 9.17) is 4.74 Å². The van der Waals surface area contributed by atoms with Crippen molar-refractivity contribution in [3.8, 4) is 5.75 Å². The summed E-state index contributed by atoms with van der Waals surface area (Å²) in [7, 11) is 1.64. The maximum Gasteiger partial charge on any atom is 0.258 e. The standard InChI is InChI=1S/C17H16N2O2/c1-11-6-7-14-15(8-11)18-16(19-17(14)20)10-12-4-3-5-13(9-12)21-2/h3-9H,10H2,1-2H3,(H,18,19,20). The van der Waals surface area contributed by atoms with Crippen LogP contribution in [0.15, 0.2) is 47.3 Å². The highest BCUT2D eigenvalue weighted by Crippen LogP contribution is 2.15. The van der Waals surface area contributed by atoms with E-state index in [1.54, 1.807) is 7.11 Å². The molecule has 2 aromatic carbocycles. The van der Waals surface area contributed by atoms with Gasteiger partial charge in [0.1, 0.15) is 11.6 Å². The SMILES string of the molecule is COc1cccc(Cc2nc3cc(C)ccc3c(=O)[nH]2)c1. The van der Waals surface area contributed by atoms with Gasteiger partial charge in [0.25, 0.3) is 5.56 Å². The number of aromatic nitrogens is 2. The number of methoxy groups -OCH3 is 1. The quantitative estimate of drug-likeness (QED) is 0.802. The van der Waals surface area contributed by atoms with Crippen LogP contribution in [0.5, 0.6) is 5.75 Å². The van der Waals surface area contributed by atoms with Crippen molar-refractivity contribution < 1.29 is 4.74 Å². The maximum absolute atomic E-state index is 12.1. The van der Waals surface area contributed by atoms with Crippen molar-refractivity contribution in [3.05, 3.63) is 69.8 Å². The fraction of sp³-hybridized carbons (Fsp3) is 0.176. The zero-order valence-electron chi connectivity index (χ0n) is 12.0. The molecule has 0 aliphatic rings. The number of benzene rings is 2. The van der Waals surface area contributed by atoms with Crippen LogP contribution in [0.1, 0.15) is 17.0 Å². The highest BCUT2D eigenvalue weighted by molar-refractivity contribution is 5.78. The molecule has 0 radical (unpaired) electrons. The van der Waals surface area contributed by atoms with Gasteiger partial charge in [0.2, 0.25) is 0 Å². The van der Waals surface area contributed by atoms with E-state index >= 15 is 0 Å². The third-order valence-electron chi connectivity index (χ3n) is 3.42. The van der Waals surface area contributed by atoms with Crippen LogP contribution < -0.4 is 10.3 Å². The molecule has 1 N–H and O–H groups in total. The molecule has 0 spiro atoms. The Labute approximate surface area is 122 Å². The Bertz CT molecular complexity index is 853. The first-order valence-electron chi connectivity index (χ1n) is 6.78. The van der Waals surface area contributed by atoms with Gasteiger partial charge >= 0.3 is 0 Å². The van der Waals surface area contributed by atoms with Crippen LogP contribution in [0.25, 0.3) is 10.9 Å². The molecule has 1 aromatic heterocycles. The smallest absolute Gasteiger partial charge is 0.258 e. The summed E-state index contributed by atoms with van der Waals surface area (Å²) in [6, 6.07) is 13.4. The fourth-order valence-corrected chi connectivity index (χ4v) is 2.36.